The van der Waals surface area contributed by atoms with Crippen LogP contribution >= 0.6 is 0 Å². The minimum Gasteiger partial charge on any atom is -0.347 e. The van der Waals surface area contributed by atoms with Crippen LogP contribution < -0.4 is 0 Å². The molecule has 0 spiro atoms. The summed E-state index contributed by atoms with van der Waals surface area (Å²) >= 11 is 0. The molecular formula is C14H17NO. The van der Waals surface area contributed by atoms with Gasteiger partial charge in [0, 0.05) is 29.2 Å². The van der Waals surface area contributed by atoms with Crippen LogP contribution in [0.5, 0.6) is 0 Å². The van der Waals surface area contributed by atoms with Gasteiger partial charge in [-0.15, -0.1) is 0 Å². The fraction of sp³-hybridized carbons (Fsp3) is 0.357. The highest BCUT2D eigenvalue weighted by Crippen LogP contribution is 2.29. The highest BCUT2D eigenvalue weighted by molar-refractivity contribution is 5.99. The topological polar surface area (TPSA) is 22.0 Å². The molecule has 2 heteroatoms. The summed E-state index contributed by atoms with van der Waals surface area (Å²) in [5.74, 6) is 0.359. The van der Waals surface area contributed by atoms with Crippen molar-refractivity contribution in [1.82, 2.24) is 4.57 Å². The first-order valence-electron chi connectivity index (χ1n) is 5.60. The molecule has 0 aliphatic heterocycles. The number of aromatic nitrogens is 1. The lowest BCUT2D eigenvalue weighted by atomic mass is 10.0. The molecule has 16 heavy (non-hydrogen) atoms. The summed E-state index contributed by atoms with van der Waals surface area (Å²) in [6, 6.07) is 6.23. The molecule has 1 heterocycles. The third kappa shape index (κ3) is 1.45. The largest absolute Gasteiger partial charge is 0.347 e. The second kappa shape index (κ2) is 3.78. The quantitative estimate of drug-likeness (QED) is 0.703. The molecule has 0 fully saturated rings. The maximum Gasteiger partial charge on any atom is 0.152 e. The van der Waals surface area contributed by atoms with Gasteiger partial charge in [-0.2, -0.15) is 0 Å². The molecule has 84 valence electrons. The summed E-state index contributed by atoms with van der Waals surface area (Å²) in [5.41, 5.74) is 4.33. The van der Waals surface area contributed by atoms with Crippen molar-refractivity contribution in [3.05, 3.63) is 35.0 Å². The predicted molar refractivity (Wildman–Crippen MR) is 67.1 cm³/mol. The van der Waals surface area contributed by atoms with Crippen LogP contribution in [0.4, 0.5) is 0 Å². The molecule has 0 atom stereocenters. The first-order valence-corrected chi connectivity index (χ1v) is 5.60. The molecule has 0 aliphatic carbocycles. The van der Waals surface area contributed by atoms with E-state index in [1.807, 2.05) is 13.1 Å². The third-order valence-electron chi connectivity index (χ3n) is 3.11. The van der Waals surface area contributed by atoms with Crippen molar-refractivity contribution < 1.29 is 4.79 Å². The minimum absolute atomic E-state index is 0.359. The van der Waals surface area contributed by atoms with E-state index in [0.717, 1.165) is 28.4 Å². The van der Waals surface area contributed by atoms with Crippen molar-refractivity contribution >= 4 is 17.2 Å². The van der Waals surface area contributed by atoms with Gasteiger partial charge < -0.3 is 4.57 Å². The summed E-state index contributed by atoms with van der Waals surface area (Å²) in [6.45, 7) is 6.31. The van der Waals surface area contributed by atoms with E-state index < -0.39 is 0 Å². The highest BCUT2D eigenvalue weighted by atomic mass is 16.1. The van der Waals surface area contributed by atoms with Gasteiger partial charge >= 0.3 is 0 Å². The smallest absolute Gasteiger partial charge is 0.152 e. The van der Waals surface area contributed by atoms with Crippen molar-refractivity contribution in [3.8, 4) is 0 Å². The lowest BCUT2D eigenvalue weighted by Gasteiger charge is -2.08. The van der Waals surface area contributed by atoms with Gasteiger partial charge in [0.15, 0.2) is 6.29 Å². The molecule has 0 saturated heterocycles. The Bertz CT molecular complexity index is 549. The molecule has 0 amide bonds. The zero-order valence-corrected chi connectivity index (χ0v) is 10.2. The van der Waals surface area contributed by atoms with Crippen LogP contribution in [-0.2, 0) is 7.05 Å². The molecule has 1 aromatic carbocycles. The van der Waals surface area contributed by atoms with E-state index in [1.165, 1.54) is 5.56 Å². The van der Waals surface area contributed by atoms with Crippen molar-refractivity contribution in [2.45, 2.75) is 26.7 Å². The normalized spacial score (nSPS) is 11.3. The minimum atomic E-state index is 0.359. The summed E-state index contributed by atoms with van der Waals surface area (Å²) in [7, 11) is 2.03. The van der Waals surface area contributed by atoms with Crippen molar-refractivity contribution in [3.63, 3.8) is 0 Å². The van der Waals surface area contributed by atoms with Crippen molar-refractivity contribution in [2.75, 3.05) is 0 Å². The molecular weight excluding hydrogens is 198 g/mol. The molecule has 0 radical (unpaired) electrons. The van der Waals surface area contributed by atoms with Gasteiger partial charge in [0.2, 0.25) is 0 Å². The Balaban J connectivity index is 2.90. The molecule has 1 aromatic heterocycles. The van der Waals surface area contributed by atoms with Crippen LogP contribution in [0.1, 0.15) is 41.4 Å². The zero-order valence-electron chi connectivity index (χ0n) is 10.2. The van der Waals surface area contributed by atoms with Gasteiger partial charge in [-0.05, 0) is 24.5 Å². The maximum atomic E-state index is 11.2. The van der Waals surface area contributed by atoms with Crippen molar-refractivity contribution in [1.29, 1.82) is 0 Å². The Hall–Kier alpha value is -1.57. The molecule has 2 aromatic rings. The Morgan fingerprint density at radius 2 is 2.00 bits per heavy atom. The number of aryl methyl sites for hydroxylation is 2. The van der Waals surface area contributed by atoms with E-state index in [0.29, 0.717) is 5.92 Å². The lowest BCUT2D eigenvalue weighted by molar-refractivity contribution is 0.112. The Morgan fingerprint density at radius 3 is 2.56 bits per heavy atom. The van der Waals surface area contributed by atoms with E-state index >= 15 is 0 Å². The SMILES string of the molecule is Cc1ccc2c(C=O)c(C(C)C)n(C)c2c1. The van der Waals surface area contributed by atoms with Crippen LogP contribution in [-0.4, -0.2) is 10.9 Å². The monoisotopic (exact) mass is 215 g/mol. The van der Waals surface area contributed by atoms with Crippen LogP contribution in [0.3, 0.4) is 0 Å². The number of benzene rings is 1. The molecule has 0 saturated carbocycles. The molecule has 0 bridgehead atoms. The van der Waals surface area contributed by atoms with Gasteiger partial charge in [0.1, 0.15) is 0 Å². The lowest BCUT2D eigenvalue weighted by Crippen LogP contribution is -2.00. The first kappa shape index (κ1) is 10.9. The Labute approximate surface area is 95.9 Å². The van der Waals surface area contributed by atoms with Crippen LogP contribution in [0, 0.1) is 6.92 Å². The number of aldehydes is 1. The summed E-state index contributed by atoms with van der Waals surface area (Å²) in [5, 5.41) is 1.06. The number of hydrogen-bond acceptors (Lipinski definition) is 1. The third-order valence-corrected chi connectivity index (χ3v) is 3.11. The van der Waals surface area contributed by atoms with Crippen LogP contribution in [0.15, 0.2) is 18.2 Å². The zero-order chi connectivity index (χ0) is 11.9. The van der Waals surface area contributed by atoms with E-state index in [9.17, 15) is 4.79 Å². The van der Waals surface area contributed by atoms with Crippen LogP contribution in [0.25, 0.3) is 10.9 Å². The fourth-order valence-electron chi connectivity index (χ4n) is 2.42. The highest BCUT2D eigenvalue weighted by Gasteiger charge is 2.16. The Morgan fingerprint density at radius 1 is 1.31 bits per heavy atom. The molecule has 2 rings (SSSR count). The number of rotatable bonds is 2. The second-order valence-electron chi connectivity index (χ2n) is 4.65. The average Bonchev–Trinajstić information content (AvgIpc) is 2.51. The van der Waals surface area contributed by atoms with E-state index in [2.05, 4.69) is 37.5 Å². The van der Waals surface area contributed by atoms with E-state index in [-0.39, 0.29) is 0 Å². The molecule has 0 N–H and O–H groups in total. The van der Waals surface area contributed by atoms with Gasteiger partial charge in [-0.1, -0.05) is 26.0 Å². The molecule has 0 unspecified atom stereocenters. The number of hydrogen-bond donors (Lipinski definition) is 0. The summed E-state index contributed by atoms with van der Waals surface area (Å²) < 4.78 is 2.14. The van der Waals surface area contributed by atoms with Gasteiger partial charge in [-0.3, -0.25) is 4.79 Å². The summed E-state index contributed by atoms with van der Waals surface area (Å²) in [6.07, 6.45) is 0.979. The molecule has 2 nitrogen and oxygen atoms in total. The van der Waals surface area contributed by atoms with Gasteiger partial charge in [-0.25, -0.2) is 0 Å². The summed E-state index contributed by atoms with van der Waals surface area (Å²) in [4.78, 5) is 11.2. The Kier molecular flexibility index (Phi) is 2.58. The molecule has 0 aliphatic rings. The van der Waals surface area contributed by atoms with E-state index in [1.54, 1.807) is 0 Å². The van der Waals surface area contributed by atoms with Crippen LogP contribution in [0.2, 0.25) is 0 Å². The van der Waals surface area contributed by atoms with Gasteiger partial charge in [0.05, 0.1) is 0 Å². The predicted octanol–water partition coefficient (Wildman–Crippen LogP) is 3.42. The fourth-order valence-corrected chi connectivity index (χ4v) is 2.42. The maximum absolute atomic E-state index is 11.2. The number of carbonyl (C=O) groups excluding carboxylic acids is 1. The number of nitrogens with zero attached hydrogens (tertiary/aromatic N) is 1. The standard InChI is InChI=1S/C14H17NO/c1-9(2)14-12(8-16)11-6-5-10(3)7-13(11)15(14)4/h5-9H,1-4H3. The van der Waals surface area contributed by atoms with Crippen molar-refractivity contribution in [2.24, 2.45) is 7.05 Å². The first-order chi connectivity index (χ1) is 7.56. The average molecular weight is 215 g/mol. The number of carbonyl (C=O) groups is 1. The van der Waals surface area contributed by atoms with Gasteiger partial charge in [0.25, 0.3) is 0 Å². The van der Waals surface area contributed by atoms with E-state index in [4.69, 9.17) is 0 Å². The number of fused-ring (bicyclic) bond motifs is 1. The second-order valence-corrected chi connectivity index (χ2v) is 4.65.